The van der Waals surface area contributed by atoms with Crippen LogP contribution in [0.3, 0.4) is 0 Å². The van der Waals surface area contributed by atoms with E-state index < -0.39 is 12.0 Å². The first kappa shape index (κ1) is 22.7. The molecule has 1 aromatic heterocycles. The van der Waals surface area contributed by atoms with Crippen LogP contribution in [0.1, 0.15) is 43.0 Å². The molecule has 8 heteroatoms. The van der Waals surface area contributed by atoms with Crippen LogP contribution in [-0.4, -0.2) is 47.2 Å². The number of hydrogen-bond donors (Lipinski definition) is 2. The fraction of sp³-hybridized carbons (Fsp3) is 0.476. The highest BCUT2D eigenvalue weighted by atomic mass is 32.1. The van der Waals surface area contributed by atoms with Crippen LogP contribution in [0.5, 0.6) is 5.75 Å². The van der Waals surface area contributed by atoms with Crippen molar-refractivity contribution in [2.45, 2.75) is 45.7 Å². The SMILES string of the molecule is COC(=O)[C@@H](NC(=O)N(C)Cc1csc(C(C)Cc2ccc(O)cc2)n1)C(C)C. The lowest BCUT2D eigenvalue weighted by Gasteiger charge is -2.23. The first-order valence-corrected chi connectivity index (χ1v) is 10.4. The van der Waals surface area contributed by atoms with Gasteiger partial charge in [-0.2, -0.15) is 0 Å². The first-order valence-electron chi connectivity index (χ1n) is 9.53. The number of benzene rings is 1. The van der Waals surface area contributed by atoms with Crippen LogP contribution in [0.25, 0.3) is 0 Å². The molecule has 1 heterocycles. The van der Waals surface area contributed by atoms with Gasteiger partial charge in [0, 0.05) is 18.3 Å². The molecule has 29 heavy (non-hydrogen) atoms. The molecular weight excluding hydrogens is 390 g/mol. The van der Waals surface area contributed by atoms with E-state index in [4.69, 9.17) is 4.74 Å². The minimum Gasteiger partial charge on any atom is -0.508 e. The monoisotopic (exact) mass is 419 g/mol. The molecule has 0 spiro atoms. The van der Waals surface area contributed by atoms with Gasteiger partial charge in [0.2, 0.25) is 0 Å². The van der Waals surface area contributed by atoms with Gasteiger partial charge in [0.1, 0.15) is 11.8 Å². The minimum absolute atomic E-state index is 0.0774. The predicted molar refractivity (Wildman–Crippen MR) is 113 cm³/mol. The fourth-order valence-electron chi connectivity index (χ4n) is 2.88. The zero-order valence-corrected chi connectivity index (χ0v) is 18.3. The van der Waals surface area contributed by atoms with Crippen molar-refractivity contribution in [3.63, 3.8) is 0 Å². The van der Waals surface area contributed by atoms with Crippen molar-refractivity contribution in [3.05, 3.63) is 45.9 Å². The van der Waals surface area contributed by atoms with Crippen molar-refractivity contribution in [2.24, 2.45) is 5.92 Å². The lowest BCUT2D eigenvalue weighted by molar-refractivity contribution is -0.144. The maximum absolute atomic E-state index is 12.5. The Morgan fingerprint density at radius 3 is 2.48 bits per heavy atom. The number of rotatable bonds is 8. The topological polar surface area (TPSA) is 91.8 Å². The summed E-state index contributed by atoms with van der Waals surface area (Å²) in [5.74, 6) is -0.0552. The molecule has 7 nitrogen and oxygen atoms in total. The quantitative estimate of drug-likeness (QED) is 0.639. The largest absolute Gasteiger partial charge is 0.508 e. The standard InChI is InChI=1S/C21H29N3O4S/c1-13(2)18(20(26)28-5)23-21(27)24(4)11-16-12-29-19(22-16)14(3)10-15-6-8-17(25)9-7-15/h6-9,12-14,18,25H,10-11H2,1-5H3,(H,23,27)/t14?,18-/m0/s1. The highest BCUT2D eigenvalue weighted by Crippen LogP contribution is 2.25. The Bertz CT molecular complexity index is 820. The summed E-state index contributed by atoms with van der Waals surface area (Å²) in [6.07, 6.45) is 0.818. The Morgan fingerprint density at radius 1 is 1.24 bits per heavy atom. The van der Waals surface area contributed by atoms with Crippen molar-refractivity contribution in [1.82, 2.24) is 15.2 Å². The third kappa shape index (κ3) is 6.45. The molecule has 2 amide bonds. The number of esters is 1. The summed E-state index contributed by atoms with van der Waals surface area (Å²) < 4.78 is 4.76. The Hall–Kier alpha value is -2.61. The van der Waals surface area contributed by atoms with E-state index in [1.54, 1.807) is 30.5 Å². The van der Waals surface area contributed by atoms with E-state index in [-0.39, 0.29) is 23.6 Å². The number of thiazole rings is 1. The molecule has 2 atom stereocenters. The molecular formula is C21H29N3O4S. The van der Waals surface area contributed by atoms with Gasteiger partial charge in [-0.15, -0.1) is 11.3 Å². The molecule has 0 saturated heterocycles. The Kier molecular flexibility index (Phi) is 8.01. The van der Waals surface area contributed by atoms with Crippen molar-refractivity contribution in [1.29, 1.82) is 0 Å². The number of hydrogen-bond acceptors (Lipinski definition) is 6. The van der Waals surface area contributed by atoms with Gasteiger partial charge in [-0.25, -0.2) is 14.6 Å². The van der Waals surface area contributed by atoms with Gasteiger partial charge in [0.15, 0.2) is 0 Å². The van der Waals surface area contributed by atoms with Crippen LogP contribution in [0.2, 0.25) is 0 Å². The van der Waals surface area contributed by atoms with Crippen molar-refractivity contribution < 1.29 is 19.4 Å². The number of amides is 2. The second-order valence-electron chi connectivity index (χ2n) is 7.50. The van der Waals surface area contributed by atoms with Crippen LogP contribution in [0, 0.1) is 5.92 Å². The number of ether oxygens (including phenoxy) is 1. The third-order valence-electron chi connectivity index (χ3n) is 4.62. The molecule has 1 aromatic carbocycles. The predicted octanol–water partition coefficient (Wildman–Crippen LogP) is 3.53. The number of phenolic OH excluding ortho intramolecular Hbond substituents is 1. The molecule has 0 aliphatic carbocycles. The van der Waals surface area contributed by atoms with Gasteiger partial charge in [0.25, 0.3) is 0 Å². The summed E-state index contributed by atoms with van der Waals surface area (Å²) in [5.41, 5.74) is 1.94. The second-order valence-corrected chi connectivity index (χ2v) is 8.39. The van der Waals surface area contributed by atoms with Crippen LogP contribution < -0.4 is 5.32 Å². The highest BCUT2D eigenvalue weighted by molar-refractivity contribution is 7.09. The van der Waals surface area contributed by atoms with Gasteiger partial charge in [-0.1, -0.05) is 32.9 Å². The molecule has 0 aliphatic rings. The molecule has 0 saturated carbocycles. The van der Waals surface area contributed by atoms with E-state index in [2.05, 4.69) is 17.2 Å². The van der Waals surface area contributed by atoms with Gasteiger partial charge in [-0.3, -0.25) is 0 Å². The highest BCUT2D eigenvalue weighted by Gasteiger charge is 2.26. The maximum atomic E-state index is 12.5. The Morgan fingerprint density at radius 2 is 1.90 bits per heavy atom. The van der Waals surface area contributed by atoms with E-state index in [9.17, 15) is 14.7 Å². The van der Waals surface area contributed by atoms with Crippen LogP contribution in [-0.2, 0) is 22.5 Å². The van der Waals surface area contributed by atoms with Gasteiger partial charge in [0.05, 0.1) is 24.4 Å². The van der Waals surface area contributed by atoms with Crippen molar-refractivity contribution in [2.75, 3.05) is 14.2 Å². The van der Waals surface area contributed by atoms with Crippen LogP contribution in [0.15, 0.2) is 29.6 Å². The number of nitrogens with zero attached hydrogens (tertiary/aromatic N) is 2. The lowest BCUT2D eigenvalue weighted by atomic mass is 10.0. The number of aromatic hydroxyl groups is 1. The molecule has 2 rings (SSSR count). The summed E-state index contributed by atoms with van der Waals surface area (Å²) in [5, 5.41) is 15.1. The average molecular weight is 420 g/mol. The van der Waals surface area contributed by atoms with Crippen molar-refractivity contribution in [3.8, 4) is 5.75 Å². The zero-order valence-electron chi connectivity index (χ0n) is 17.5. The molecule has 2 N–H and O–H groups in total. The van der Waals surface area contributed by atoms with E-state index in [0.29, 0.717) is 6.54 Å². The number of nitrogens with one attached hydrogen (secondary N) is 1. The number of aromatic nitrogens is 1. The van der Waals surface area contributed by atoms with E-state index >= 15 is 0 Å². The van der Waals surface area contributed by atoms with E-state index in [1.165, 1.54) is 12.0 Å². The second kappa shape index (κ2) is 10.2. The summed E-state index contributed by atoms with van der Waals surface area (Å²) in [4.78, 5) is 30.5. The smallest absolute Gasteiger partial charge is 0.328 e. The minimum atomic E-state index is -0.689. The van der Waals surface area contributed by atoms with E-state index in [1.807, 2.05) is 31.4 Å². The first-order chi connectivity index (χ1) is 13.7. The van der Waals surface area contributed by atoms with E-state index in [0.717, 1.165) is 22.7 Å². The van der Waals surface area contributed by atoms with Crippen LogP contribution >= 0.6 is 11.3 Å². The summed E-state index contributed by atoms with van der Waals surface area (Å²) >= 11 is 1.57. The fourth-order valence-corrected chi connectivity index (χ4v) is 3.75. The average Bonchev–Trinajstić information content (AvgIpc) is 3.15. The van der Waals surface area contributed by atoms with Gasteiger partial charge in [-0.05, 0) is 30.0 Å². The zero-order chi connectivity index (χ0) is 21.6. The maximum Gasteiger partial charge on any atom is 0.328 e. The Labute approximate surface area is 175 Å². The number of carbonyl (C=O) groups excluding carboxylic acids is 2. The number of methoxy groups -OCH3 is 1. The molecule has 158 valence electrons. The van der Waals surface area contributed by atoms with Crippen LogP contribution in [0.4, 0.5) is 4.79 Å². The number of carbonyl (C=O) groups is 2. The normalized spacial score (nSPS) is 13.0. The summed E-state index contributed by atoms with van der Waals surface area (Å²) in [6.45, 7) is 6.16. The van der Waals surface area contributed by atoms with Crippen molar-refractivity contribution >= 4 is 23.3 Å². The number of urea groups is 1. The van der Waals surface area contributed by atoms with Gasteiger partial charge < -0.3 is 20.1 Å². The number of phenols is 1. The molecule has 1 unspecified atom stereocenters. The lowest BCUT2D eigenvalue weighted by Crippen LogP contribution is -2.49. The molecule has 0 fully saturated rings. The molecule has 2 aromatic rings. The molecule has 0 bridgehead atoms. The summed E-state index contributed by atoms with van der Waals surface area (Å²) in [7, 11) is 2.98. The Balaban J connectivity index is 1.95. The van der Waals surface area contributed by atoms with Gasteiger partial charge >= 0.3 is 12.0 Å². The summed E-state index contributed by atoms with van der Waals surface area (Å²) in [6, 6.07) is 6.14. The molecule has 0 aliphatic heterocycles. The molecule has 0 radical (unpaired) electrons. The third-order valence-corrected chi connectivity index (χ3v) is 5.74.